The lowest BCUT2D eigenvalue weighted by molar-refractivity contribution is 0.321. The maximum Gasteiger partial charge on any atom is 0.0348 e. The molecule has 0 unspecified atom stereocenters. The first-order valence-corrected chi connectivity index (χ1v) is 5.36. The fraction of sp³-hybridized carbons (Fsp3) is 0.667. The van der Waals surface area contributed by atoms with Crippen LogP contribution in [0, 0.1) is 0 Å². The summed E-state index contributed by atoms with van der Waals surface area (Å²) in [7, 11) is 2.14. The molecule has 0 aromatic carbocycles. The van der Waals surface area contributed by atoms with E-state index in [9.17, 15) is 0 Å². The third kappa shape index (κ3) is 4.95. The average Bonchev–Trinajstić information content (AvgIpc) is 2.22. The minimum Gasteiger partial charge on any atom is -0.377 e. The summed E-state index contributed by atoms with van der Waals surface area (Å²) in [4.78, 5) is 4.60. The zero-order valence-electron chi connectivity index (χ0n) is 10.2. The van der Waals surface area contributed by atoms with Gasteiger partial charge in [-0.1, -0.05) is 12.2 Å². The van der Waals surface area contributed by atoms with Crippen LogP contribution < -0.4 is 0 Å². The molecule has 0 saturated carbocycles. The normalized spacial score (nSPS) is 12.2. The third-order valence-electron chi connectivity index (χ3n) is 2.51. The van der Waals surface area contributed by atoms with E-state index in [1.807, 2.05) is 0 Å². The summed E-state index contributed by atoms with van der Waals surface area (Å²) < 4.78 is 0. The van der Waals surface area contributed by atoms with Gasteiger partial charge in [-0.05, 0) is 33.9 Å². The highest BCUT2D eigenvalue weighted by molar-refractivity contribution is 4.94. The monoisotopic (exact) mass is 196 g/mol. The molecule has 0 aromatic rings. The number of allylic oxidation sites excluding steroid dienone is 3. The van der Waals surface area contributed by atoms with Crippen molar-refractivity contribution in [2.45, 2.75) is 27.7 Å². The largest absolute Gasteiger partial charge is 0.377 e. The minimum atomic E-state index is 1.08. The van der Waals surface area contributed by atoms with Gasteiger partial charge in [0.05, 0.1) is 0 Å². The number of hydrogen-bond acceptors (Lipinski definition) is 2. The van der Waals surface area contributed by atoms with Crippen molar-refractivity contribution in [1.29, 1.82) is 0 Å². The Balaban J connectivity index is 3.91. The predicted octanol–water partition coefficient (Wildman–Crippen LogP) is 2.70. The number of hydrogen-bond donors (Lipinski definition) is 0. The molecule has 0 heterocycles. The van der Waals surface area contributed by atoms with E-state index in [1.165, 1.54) is 5.70 Å². The molecular weight excluding hydrogens is 172 g/mol. The molecule has 0 rings (SSSR count). The molecule has 2 heteroatoms. The Morgan fingerprint density at radius 2 is 1.86 bits per heavy atom. The highest BCUT2D eigenvalue weighted by atomic mass is 15.2. The van der Waals surface area contributed by atoms with E-state index in [2.05, 4.69) is 62.9 Å². The molecule has 2 nitrogen and oxygen atoms in total. The Morgan fingerprint density at radius 3 is 2.29 bits per heavy atom. The van der Waals surface area contributed by atoms with E-state index < -0.39 is 0 Å². The number of nitrogens with zero attached hydrogens (tertiary/aromatic N) is 2. The summed E-state index contributed by atoms with van der Waals surface area (Å²) in [6.07, 6.45) is 6.39. The molecule has 0 radical (unpaired) electrons. The molecule has 0 fully saturated rings. The van der Waals surface area contributed by atoms with Crippen LogP contribution in [0.1, 0.15) is 27.7 Å². The minimum absolute atomic E-state index is 1.08. The molecule has 0 amide bonds. The molecule has 82 valence electrons. The van der Waals surface area contributed by atoms with Crippen molar-refractivity contribution in [2.24, 2.45) is 0 Å². The van der Waals surface area contributed by atoms with Gasteiger partial charge in [0.25, 0.3) is 0 Å². The second-order valence-corrected chi connectivity index (χ2v) is 3.46. The van der Waals surface area contributed by atoms with Gasteiger partial charge in [-0.3, -0.25) is 0 Å². The Labute approximate surface area is 88.9 Å². The molecule has 0 bridgehead atoms. The van der Waals surface area contributed by atoms with Gasteiger partial charge >= 0.3 is 0 Å². The van der Waals surface area contributed by atoms with Crippen molar-refractivity contribution in [2.75, 3.05) is 26.7 Å². The predicted molar refractivity (Wildman–Crippen MR) is 64.1 cm³/mol. The Kier molecular flexibility index (Phi) is 6.99. The first kappa shape index (κ1) is 13.1. The van der Waals surface area contributed by atoms with E-state index in [1.54, 1.807) is 0 Å². The molecule has 14 heavy (non-hydrogen) atoms. The zero-order valence-corrected chi connectivity index (χ0v) is 10.2. The standard InChI is InChI=1S/C12H24N2/c1-6-9-14(8-3)11-10-13(5)12(4)7-2/h6-7,9H,8,10-11H2,1-5H3/b9-6+,12-7+. The maximum atomic E-state index is 2.32. The van der Waals surface area contributed by atoms with Gasteiger partial charge in [0.2, 0.25) is 0 Å². The Hall–Kier alpha value is -0.920. The van der Waals surface area contributed by atoms with Crippen molar-refractivity contribution < 1.29 is 0 Å². The summed E-state index contributed by atoms with van der Waals surface area (Å²) in [5, 5.41) is 0. The smallest absolute Gasteiger partial charge is 0.0348 e. The van der Waals surface area contributed by atoms with Crippen LogP contribution in [0.3, 0.4) is 0 Å². The van der Waals surface area contributed by atoms with Gasteiger partial charge in [-0.25, -0.2) is 0 Å². The van der Waals surface area contributed by atoms with Crippen LogP contribution in [-0.4, -0.2) is 36.5 Å². The number of rotatable bonds is 6. The zero-order chi connectivity index (χ0) is 11.0. The first-order chi connectivity index (χ1) is 6.65. The summed E-state index contributed by atoms with van der Waals surface area (Å²) in [6, 6.07) is 0. The van der Waals surface area contributed by atoms with Crippen LogP contribution >= 0.6 is 0 Å². The van der Waals surface area contributed by atoms with E-state index in [-0.39, 0.29) is 0 Å². The lowest BCUT2D eigenvalue weighted by Crippen LogP contribution is -2.29. The van der Waals surface area contributed by atoms with Gasteiger partial charge in [-0.2, -0.15) is 0 Å². The molecule has 0 aromatic heterocycles. The second kappa shape index (κ2) is 7.48. The van der Waals surface area contributed by atoms with Crippen LogP contribution in [0.15, 0.2) is 24.0 Å². The van der Waals surface area contributed by atoms with Crippen LogP contribution in [-0.2, 0) is 0 Å². The first-order valence-electron chi connectivity index (χ1n) is 5.36. The topological polar surface area (TPSA) is 6.48 Å². The fourth-order valence-electron chi connectivity index (χ4n) is 1.22. The summed E-state index contributed by atoms with van der Waals surface area (Å²) in [5.41, 5.74) is 1.33. The van der Waals surface area contributed by atoms with E-state index >= 15 is 0 Å². The van der Waals surface area contributed by atoms with Crippen molar-refractivity contribution in [3.05, 3.63) is 24.0 Å². The highest BCUT2D eigenvalue weighted by Gasteiger charge is 2.00. The average molecular weight is 196 g/mol. The highest BCUT2D eigenvalue weighted by Crippen LogP contribution is 1.99. The second-order valence-electron chi connectivity index (χ2n) is 3.46. The lowest BCUT2D eigenvalue weighted by Gasteiger charge is -2.24. The number of likely N-dealkylation sites (N-methyl/N-ethyl adjacent to an activating group) is 2. The Morgan fingerprint density at radius 1 is 1.21 bits per heavy atom. The third-order valence-corrected chi connectivity index (χ3v) is 2.51. The summed E-state index contributed by atoms with van der Waals surface area (Å²) >= 11 is 0. The van der Waals surface area contributed by atoms with Crippen molar-refractivity contribution in [3.8, 4) is 0 Å². The van der Waals surface area contributed by atoms with Gasteiger partial charge in [0, 0.05) is 32.4 Å². The SMILES string of the molecule is C/C=C/N(CC)CCN(C)/C(C)=C/C. The van der Waals surface area contributed by atoms with Gasteiger partial charge < -0.3 is 9.80 Å². The van der Waals surface area contributed by atoms with E-state index in [0.717, 1.165) is 19.6 Å². The summed E-state index contributed by atoms with van der Waals surface area (Å²) in [5.74, 6) is 0. The molecule has 0 N–H and O–H groups in total. The Bertz CT molecular complexity index is 192. The molecule has 0 aliphatic carbocycles. The van der Waals surface area contributed by atoms with Crippen molar-refractivity contribution in [3.63, 3.8) is 0 Å². The molecule has 0 aliphatic heterocycles. The van der Waals surface area contributed by atoms with Crippen LogP contribution in [0.4, 0.5) is 0 Å². The van der Waals surface area contributed by atoms with Crippen molar-refractivity contribution >= 4 is 0 Å². The van der Waals surface area contributed by atoms with Crippen LogP contribution in [0.2, 0.25) is 0 Å². The van der Waals surface area contributed by atoms with E-state index in [0.29, 0.717) is 0 Å². The van der Waals surface area contributed by atoms with Gasteiger partial charge in [0.15, 0.2) is 0 Å². The van der Waals surface area contributed by atoms with Crippen LogP contribution in [0.25, 0.3) is 0 Å². The van der Waals surface area contributed by atoms with E-state index in [4.69, 9.17) is 0 Å². The molecule has 0 saturated heterocycles. The summed E-state index contributed by atoms with van der Waals surface area (Å²) in [6.45, 7) is 11.7. The maximum absolute atomic E-state index is 2.32. The fourth-order valence-corrected chi connectivity index (χ4v) is 1.22. The lowest BCUT2D eigenvalue weighted by atomic mass is 10.4. The van der Waals surface area contributed by atoms with Gasteiger partial charge in [0.1, 0.15) is 0 Å². The molecular formula is C12H24N2. The van der Waals surface area contributed by atoms with Crippen molar-refractivity contribution in [1.82, 2.24) is 9.80 Å². The molecule has 0 aliphatic rings. The quantitative estimate of drug-likeness (QED) is 0.644. The van der Waals surface area contributed by atoms with Crippen LogP contribution in [0.5, 0.6) is 0 Å². The van der Waals surface area contributed by atoms with Gasteiger partial charge in [-0.15, -0.1) is 0 Å². The molecule has 0 spiro atoms. The molecule has 0 atom stereocenters.